The van der Waals surface area contributed by atoms with Gasteiger partial charge in [0.1, 0.15) is 0 Å². The number of para-hydroxylation sites is 1. The van der Waals surface area contributed by atoms with Crippen LogP contribution < -0.4 is 10.6 Å². The number of H-pyrrole nitrogens is 1. The monoisotopic (exact) mass is 398 g/mol. The molecule has 2 heterocycles. The van der Waals surface area contributed by atoms with E-state index in [1.54, 1.807) is 24.4 Å². The van der Waals surface area contributed by atoms with Crippen LogP contribution >= 0.6 is 23.2 Å². The maximum absolute atomic E-state index is 6.02. The SMILES string of the molecule is Clc1cc(Cl)cc(Nc2cnnc(NCCc3c[nH]c4ccccc34)n2)c1. The molecule has 0 saturated heterocycles. The number of halogens is 2. The molecule has 0 radical (unpaired) electrons. The molecule has 3 N–H and O–H groups in total. The van der Waals surface area contributed by atoms with Crippen molar-refractivity contribution in [3.8, 4) is 0 Å². The fourth-order valence-corrected chi connectivity index (χ4v) is 3.39. The zero-order valence-corrected chi connectivity index (χ0v) is 15.7. The molecule has 6 nitrogen and oxygen atoms in total. The minimum atomic E-state index is 0.452. The lowest BCUT2D eigenvalue weighted by atomic mass is 10.1. The lowest BCUT2D eigenvalue weighted by Crippen LogP contribution is -2.09. The third-order valence-electron chi connectivity index (χ3n) is 4.05. The van der Waals surface area contributed by atoms with E-state index in [1.165, 1.54) is 10.9 Å². The van der Waals surface area contributed by atoms with Crippen molar-refractivity contribution in [2.24, 2.45) is 0 Å². The molecule has 0 aliphatic rings. The maximum atomic E-state index is 6.02. The van der Waals surface area contributed by atoms with Crippen LogP contribution in [0.4, 0.5) is 17.5 Å². The Morgan fingerprint density at radius 2 is 1.85 bits per heavy atom. The molecule has 0 fully saturated rings. The van der Waals surface area contributed by atoms with Gasteiger partial charge in [-0.05, 0) is 36.2 Å². The van der Waals surface area contributed by atoms with Gasteiger partial charge < -0.3 is 15.6 Å². The Balaban J connectivity index is 1.40. The summed E-state index contributed by atoms with van der Waals surface area (Å²) in [4.78, 5) is 7.70. The summed E-state index contributed by atoms with van der Waals surface area (Å²) in [7, 11) is 0. The van der Waals surface area contributed by atoms with Gasteiger partial charge in [0.15, 0.2) is 5.82 Å². The minimum Gasteiger partial charge on any atom is -0.361 e. The van der Waals surface area contributed by atoms with Crippen molar-refractivity contribution in [3.05, 3.63) is 70.5 Å². The second-order valence-electron chi connectivity index (χ2n) is 5.98. The second-order valence-corrected chi connectivity index (χ2v) is 6.86. The van der Waals surface area contributed by atoms with E-state index in [2.05, 4.69) is 42.9 Å². The normalized spacial score (nSPS) is 10.9. The van der Waals surface area contributed by atoms with Crippen LogP contribution in [0, 0.1) is 0 Å². The van der Waals surface area contributed by atoms with Gasteiger partial charge in [0.25, 0.3) is 0 Å². The van der Waals surface area contributed by atoms with E-state index in [-0.39, 0.29) is 0 Å². The van der Waals surface area contributed by atoms with Crippen LogP contribution in [0.3, 0.4) is 0 Å². The van der Waals surface area contributed by atoms with Gasteiger partial charge in [-0.1, -0.05) is 41.4 Å². The summed E-state index contributed by atoms with van der Waals surface area (Å²) in [6.07, 6.45) is 4.42. The predicted octanol–water partition coefficient (Wildman–Crippen LogP) is 5.06. The summed E-state index contributed by atoms with van der Waals surface area (Å²) in [6.45, 7) is 0.690. The summed E-state index contributed by atoms with van der Waals surface area (Å²) in [6, 6.07) is 13.4. The van der Waals surface area contributed by atoms with Crippen molar-refractivity contribution >= 4 is 51.6 Å². The molecular weight excluding hydrogens is 383 g/mol. The standard InChI is InChI=1S/C19H16Cl2N6/c20-13-7-14(21)9-15(8-13)25-18-11-24-27-19(26-18)22-6-5-12-10-23-17-4-2-1-3-16(12)17/h1-4,7-11,23H,5-6H2,(H2,22,25,26,27). The Kier molecular flexibility index (Phi) is 5.09. The van der Waals surface area contributed by atoms with E-state index in [1.807, 2.05) is 18.3 Å². The summed E-state index contributed by atoms with van der Waals surface area (Å²) in [5.74, 6) is 1.01. The first-order chi connectivity index (χ1) is 13.2. The number of aromatic nitrogens is 4. The molecule has 2 aromatic carbocycles. The van der Waals surface area contributed by atoms with E-state index in [4.69, 9.17) is 23.2 Å². The van der Waals surface area contributed by atoms with Gasteiger partial charge in [-0.25, -0.2) is 0 Å². The molecule has 0 spiro atoms. The molecule has 8 heteroatoms. The van der Waals surface area contributed by atoms with Crippen LogP contribution in [0.15, 0.2) is 54.9 Å². The van der Waals surface area contributed by atoms with Gasteiger partial charge in [-0.3, -0.25) is 0 Å². The third kappa shape index (κ3) is 4.30. The first-order valence-corrected chi connectivity index (χ1v) is 9.15. The number of anilines is 3. The Morgan fingerprint density at radius 3 is 2.70 bits per heavy atom. The highest BCUT2D eigenvalue weighted by Gasteiger charge is 2.05. The first kappa shape index (κ1) is 17.6. The van der Waals surface area contributed by atoms with E-state index >= 15 is 0 Å². The van der Waals surface area contributed by atoms with Crippen LogP contribution in [0.1, 0.15) is 5.56 Å². The number of nitrogens with zero attached hydrogens (tertiary/aromatic N) is 3. The number of benzene rings is 2. The number of hydrogen-bond acceptors (Lipinski definition) is 5. The van der Waals surface area contributed by atoms with Crippen LogP contribution in [-0.4, -0.2) is 26.7 Å². The summed E-state index contributed by atoms with van der Waals surface area (Å²) in [5.41, 5.74) is 3.11. The molecule has 0 saturated carbocycles. The first-order valence-electron chi connectivity index (χ1n) is 8.39. The van der Waals surface area contributed by atoms with Crippen molar-refractivity contribution in [2.75, 3.05) is 17.2 Å². The van der Waals surface area contributed by atoms with Gasteiger partial charge in [0, 0.05) is 39.4 Å². The molecule has 0 bridgehead atoms. The van der Waals surface area contributed by atoms with Crippen LogP contribution in [0.2, 0.25) is 10.0 Å². The highest BCUT2D eigenvalue weighted by molar-refractivity contribution is 6.35. The highest BCUT2D eigenvalue weighted by Crippen LogP contribution is 2.24. The van der Waals surface area contributed by atoms with Gasteiger partial charge in [-0.2, -0.15) is 10.1 Å². The molecule has 27 heavy (non-hydrogen) atoms. The second kappa shape index (κ2) is 7.82. The van der Waals surface area contributed by atoms with E-state index < -0.39 is 0 Å². The van der Waals surface area contributed by atoms with Gasteiger partial charge in [-0.15, -0.1) is 5.10 Å². The average Bonchev–Trinajstić information content (AvgIpc) is 3.05. The van der Waals surface area contributed by atoms with Crippen LogP contribution in [0.25, 0.3) is 10.9 Å². The van der Waals surface area contributed by atoms with Gasteiger partial charge in [0.2, 0.25) is 5.95 Å². The molecule has 0 unspecified atom stereocenters. The van der Waals surface area contributed by atoms with Crippen molar-refractivity contribution < 1.29 is 0 Å². The van der Waals surface area contributed by atoms with E-state index in [0.717, 1.165) is 17.6 Å². The zero-order valence-electron chi connectivity index (χ0n) is 14.2. The minimum absolute atomic E-state index is 0.452. The fraction of sp³-hybridized carbons (Fsp3) is 0.105. The average molecular weight is 399 g/mol. The largest absolute Gasteiger partial charge is 0.361 e. The lowest BCUT2D eigenvalue weighted by Gasteiger charge is -2.08. The number of rotatable bonds is 6. The Morgan fingerprint density at radius 1 is 1.04 bits per heavy atom. The van der Waals surface area contributed by atoms with Crippen LogP contribution in [0.5, 0.6) is 0 Å². The number of fused-ring (bicyclic) bond motifs is 1. The molecule has 136 valence electrons. The molecule has 0 amide bonds. The smallest absolute Gasteiger partial charge is 0.244 e. The fourth-order valence-electron chi connectivity index (χ4n) is 2.86. The summed E-state index contributed by atoms with van der Waals surface area (Å²) >= 11 is 12.0. The number of hydrogen-bond donors (Lipinski definition) is 3. The molecular formula is C19H16Cl2N6. The quantitative estimate of drug-likeness (QED) is 0.423. The molecule has 0 aliphatic carbocycles. The van der Waals surface area contributed by atoms with E-state index in [9.17, 15) is 0 Å². The summed E-state index contributed by atoms with van der Waals surface area (Å²) < 4.78 is 0. The van der Waals surface area contributed by atoms with E-state index in [0.29, 0.717) is 28.4 Å². The third-order valence-corrected chi connectivity index (χ3v) is 4.48. The lowest BCUT2D eigenvalue weighted by molar-refractivity contribution is 0.931. The number of aromatic amines is 1. The predicted molar refractivity (Wildman–Crippen MR) is 110 cm³/mol. The Bertz CT molecular complexity index is 1060. The van der Waals surface area contributed by atoms with Crippen molar-refractivity contribution in [3.63, 3.8) is 0 Å². The molecule has 0 atom stereocenters. The Labute approximate surface area is 165 Å². The molecule has 4 rings (SSSR count). The molecule has 2 aromatic heterocycles. The topological polar surface area (TPSA) is 78.5 Å². The van der Waals surface area contributed by atoms with Crippen molar-refractivity contribution in [1.82, 2.24) is 20.2 Å². The van der Waals surface area contributed by atoms with Crippen molar-refractivity contribution in [2.45, 2.75) is 6.42 Å². The van der Waals surface area contributed by atoms with Crippen molar-refractivity contribution in [1.29, 1.82) is 0 Å². The highest BCUT2D eigenvalue weighted by atomic mass is 35.5. The maximum Gasteiger partial charge on any atom is 0.244 e. The van der Waals surface area contributed by atoms with Crippen LogP contribution in [-0.2, 0) is 6.42 Å². The van der Waals surface area contributed by atoms with Gasteiger partial charge in [0.05, 0.1) is 6.20 Å². The summed E-state index contributed by atoms with van der Waals surface area (Å²) in [5, 5.41) is 16.7. The molecule has 4 aromatic rings. The Hall–Kier alpha value is -2.83. The molecule has 0 aliphatic heterocycles. The van der Waals surface area contributed by atoms with Gasteiger partial charge >= 0.3 is 0 Å². The zero-order chi connectivity index (χ0) is 18.6. The number of nitrogens with one attached hydrogen (secondary N) is 3.